The SMILES string of the molecule is COC(=O)C(=Cc1ccc2c(c1)OCC(c1cccc(OCc3ccc(Cl)c(Cl)c3)c1)O2)NC(=O)OC(C)(C)C. The molecule has 0 saturated heterocycles. The summed E-state index contributed by atoms with van der Waals surface area (Å²) in [5.74, 6) is 0.988. The third-order valence-corrected chi connectivity index (χ3v) is 6.34. The van der Waals surface area contributed by atoms with Crippen LogP contribution in [0.2, 0.25) is 10.0 Å². The number of carbonyl (C=O) groups excluding carboxylic acids is 2. The minimum atomic E-state index is -0.771. The summed E-state index contributed by atoms with van der Waals surface area (Å²) in [6, 6.07) is 18.1. The molecule has 8 nitrogen and oxygen atoms in total. The van der Waals surface area contributed by atoms with E-state index in [9.17, 15) is 9.59 Å². The maximum atomic E-state index is 12.3. The molecule has 0 bridgehead atoms. The topological polar surface area (TPSA) is 92.3 Å². The van der Waals surface area contributed by atoms with Crippen LogP contribution in [0.3, 0.4) is 0 Å². The first-order chi connectivity index (χ1) is 19.0. The summed E-state index contributed by atoms with van der Waals surface area (Å²) >= 11 is 12.1. The Morgan fingerprint density at radius 1 is 1.02 bits per heavy atom. The van der Waals surface area contributed by atoms with Crippen LogP contribution in [0.4, 0.5) is 4.79 Å². The van der Waals surface area contributed by atoms with E-state index in [1.807, 2.05) is 30.3 Å². The van der Waals surface area contributed by atoms with Crippen molar-refractivity contribution in [3.8, 4) is 17.2 Å². The van der Waals surface area contributed by atoms with Crippen molar-refractivity contribution in [3.63, 3.8) is 0 Å². The number of esters is 1. The lowest BCUT2D eigenvalue weighted by Crippen LogP contribution is -2.34. The Bertz CT molecular complexity index is 1430. The van der Waals surface area contributed by atoms with Crippen LogP contribution in [0.15, 0.2) is 66.4 Å². The van der Waals surface area contributed by atoms with Crippen molar-refractivity contribution >= 4 is 41.3 Å². The summed E-state index contributed by atoms with van der Waals surface area (Å²) in [4.78, 5) is 24.5. The largest absolute Gasteiger partial charge is 0.489 e. The second kappa shape index (κ2) is 12.5. The lowest BCUT2D eigenvalue weighted by atomic mass is 10.1. The van der Waals surface area contributed by atoms with Gasteiger partial charge in [-0.3, -0.25) is 5.32 Å². The number of rotatable bonds is 7. The summed E-state index contributed by atoms with van der Waals surface area (Å²) in [5, 5.41) is 3.41. The Morgan fingerprint density at radius 2 is 1.82 bits per heavy atom. The molecule has 0 radical (unpaired) electrons. The van der Waals surface area contributed by atoms with Crippen molar-refractivity contribution in [2.45, 2.75) is 39.1 Å². The number of halogens is 2. The molecule has 0 aromatic heterocycles. The third-order valence-electron chi connectivity index (χ3n) is 5.60. The fourth-order valence-electron chi connectivity index (χ4n) is 3.78. The van der Waals surface area contributed by atoms with Gasteiger partial charge in [0.2, 0.25) is 0 Å². The monoisotopic (exact) mass is 585 g/mol. The van der Waals surface area contributed by atoms with Crippen molar-refractivity contribution in [3.05, 3.63) is 93.1 Å². The van der Waals surface area contributed by atoms with E-state index in [4.69, 9.17) is 46.9 Å². The first-order valence-corrected chi connectivity index (χ1v) is 13.2. The van der Waals surface area contributed by atoms with Crippen molar-refractivity contribution in [2.75, 3.05) is 13.7 Å². The highest BCUT2D eigenvalue weighted by atomic mass is 35.5. The van der Waals surface area contributed by atoms with Crippen LogP contribution >= 0.6 is 23.2 Å². The standard InChI is InChI=1S/C30H29Cl2NO7/c1-30(2,3)40-29(35)33-24(28(34)36-4)13-18-9-11-25-26(14-18)38-17-27(39-25)20-6-5-7-21(15-20)37-16-19-8-10-22(31)23(32)12-19/h5-15,27H,16-17H2,1-4H3,(H,33,35). The maximum absolute atomic E-state index is 12.3. The molecule has 1 N–H and O–H groups in total. The van der Waals surface area contributed by atoms with Crippen LogP contribution in [0.25, 0.3) is 6.08 Å². The second-order valence-corrected chi connectivity index (χ2v) is 10.7. The molecule has 1 amide bonds. The molecule has 1 aliphatic heterocycles. The molecule has 1 aliphatic rings. The fraction of sp³-hybridized carbons (Fsp3) is 0.267. The molecule has 0 saturated carbocycles. The van der Waals surface area contributed by atoms with Gasteiger partial charge in [0.1, 0.15) is 30.3 Å². The first-order valence-electron chi connectivity index (χ1n) is 12.4. The second-order valence-electron chi connectivity index (χ2n) is 9.91. The number of methoxy groups -OCH3 is 1. The molecule has 0 fully saturated rings. The average molecular weight is 586 g/mol. The highest BCUT2D eigenvalue weighted by molar-refractivity contribution is 6.42. The quantitative estimate of drug-likeness (QED) is 0.233. The van der Waals surface area contributed by atoms with Crippen LogP contribution in [0, 0.1) is 0 Å². The summed E-state index contributed by atoms with van der Waals surface area (Å²) in [7, 11) is 1.23. The zero-order valence-corrected chi connectivity index (χ0v) is 24.0. The zero-order valence-electron chi connectivity index (χ0n) is 22.5. The molecular weight excluding hydrogens is 557 g/mol. The summed E-state index contributed by atoms with van der Waals surface area (Å²) in [6.45, 7) is 5.77. The molecule has 1 heterocycles. The van der Waals surface area contributed by atoms with Crippen molar-refractivity contribution in [1.29, 1.82) is 0 Å². The Balaban J connectivity index is 1.44. The van der Waals surface area contributed by atoms with E-state index in [0.717, 1.165) is 11.1 Å². The van der Waals surface area contributed by atoms with Gasteiger partial charge < -0.3 is 23.7 Å². The fourth-order valence-corrected chi connectivity index (χ4v) is 4.10. The van der Waals surface area contributed by atoms with E-state index >= 15 is 0 Å². The van der Waals surface area contributed by atoms with Crippen molar-refractivity contribution in [2.24, 2.45) is 0 Å². The molecule has 1 atom stereocenters. The lowest BCUT2D eigenvalue weighted by molar-refractivity contribution is -0.136. The molecular formula is C30H29Cl2NO7. The minimum Gasteiger partial charge on any atom is -0.489 e. The number of alkyl carbamates (subject to hydrolysis) is 1. The van der Waals surface area contributed by atoms with E-state index in [1.165, 1.54) is 13.2 Å². The molecule has 210 valence electrons. The Morgan fingerprint density at radius 3 is 2.55 bits per heavy atom. The molecule has 3 aromatic rings. The number of amides is 1. The number of ether oxygens (including phenoxy) is 5. The van der Waals surface area contributed by atoms with Gasteiger partial charge in [0.15, 0.2) is 17.6 Å². The van der Waals surface area contributed by atoms with Crippen LogP contribution in [-0.4, -0.2) is 31.4 Å². The molecule has 0 spiro atoms. The number of fused-ring (bicyclic) bond motifs is 1. The van der Waals surface area contributed by atoms with E-state index in [1.54, 1.807) is 51.1 Å². The maximum Gasteiger partial charge on any atom is 0.412 e. The van der Waals surface area contributed by atoms with Crippen molar-refractivity contribution < 1.29 is 33.3 Å². The van der Waals surface area contributed by atoms with Crippen molar-refractivity contribution in [1.82, 2.24) is 5.32 Å². The normalized spacial score (nSPS) is 14.8. The molecule has 1 unspecified atom stereocenters. The molecule has 40 heavy (non-hydrogen) atoms. The Kier molecular flexibility index (Phi) is 9.12. The molecule has 4 rings (SSSR count). The van der Waals surface area contributed by atoms with Crippen LogP contribution in [0.1, 0.15) is 43.6 Å². The van der Waals surface area contributed by atoms with Gasteiger partial charge in [-0.1, -0.05) is 47.5 Å². The molecule has 0 aliphatic carbocycles. The number of nitrogens with one attached hydrogen (secondary N) is 1. The predicted octanol–water partition coefficient (Wildman–Crippen LogP) is 7.12. The van der Waals surface area contributed by atoms with Crippen LogP contribution < -0.4 is 19.5 Å². The van der Waals surface area contributed by atoms with Gasteiger partial charge in [-0.15, -0.1) is 0 Å². The van der Waals surface area contributed by atoms with Gasteiger partial charge in [-0.2, -0.15) is 0 Å². The predicted molar refractivity (Wildman–Crippen MR) is 152 cm³/mol. The van der Waals surface area contributed by atoms with Gasteiger partial charge >= 0.3 is 12.1 Å². The Hall–Kier alpha value is -3.88. The molecule has 10 heteroatoms. The summed E-state index contributed by atoms with van der Waals surface area (Å²) in [6.07, 6.45) is 0.342. The van der Waals surface area contributed by atoms with Crippen LogP contribution in [0.5, 0.6) is 17.2 Å². The lowest BCUT2D eigenvalue weighted by Gasteiger charge is -2.27. The van der Waals surface area contributed by atoms with Gasteiger partial charge in [-0.05, 0) is 79.9 Å². The number of hydrogen-bond donors (Lipinski definition) is 1. The third kappa shape index (κ3) is 7.83. The van der Waals surface area contributed by atoms with Gasteiger partial charge in [-0.25, -0.2) is 9.59 Å². The highest BCUT2D eigenvalue weighted by Gasteiger charge is 2.24. The average Bonchev–Trinajstić information content (AvgIpc) is 2.91. The van der Waals surface area contributed by atoms with E-state index in [0.29, 0.717) is 39.5 Å². The van der Waals surface area contributed by atoms with Crippen LogP contribution in [-0.2, 0) is 20.9 Å². The summed E-state index contributed by atoms with van der Waals surface area (Å²) in [5.41, 5.74) is 1.57. The number of carbonyl (C=O) groups is 2. The number of benzene rings is 3. The highest BCUT2D eigenvalue weighted by Crippen LogP contribution is 2.38. The van der Waals surface area contributed by atoms with Gasteiger partial charge in [0.05, 0.1) is 17.2 Å². The van der Waals surface area contributed by atoms with Gasteiger partial charge in [0.25, 0.3) is 0 Å². The Labute approximate surface area is 242 Å². The van der Waals surface area contributed by atoms with Gasteiger partial charge in [0, 0.05) is 0 Å². The van der Waals surface area contributed by atoms with E-state index in [-0.39, 0.29) is 18.4 Å². The summed E-state index contributed by atoms with van der Waals surface area (Å²) < 4.78 is 28.2. The minimum absolute atomic E-state index is 0.0796. The van der Waals surface area contributed by atoms with E-state index in [2.05, 4.69) is 5.32 Å². The molecule has 3 aromatic carbocycles. The van der Waals surface area contributed by atoms with E-state index < -0.39 is 17.7 Å². The number of hydrogen-bond acceptors (Lipinski definition) is 7. The zero-order chi connectivity index (χ0) is 28.9. The smallest absolute Gasteiger partial charge is 0.412 e. The first kappa shape index (κ1) is 29.1.